The maximum absolute atomic E-state index is 12.4. The molecular formula is C17H20N2O5S. The van der Waals surface area contributed by atoms with Gasteiger partial charge in [0.2, 0.25) is 15.9 Å². The Morgan fingerprint density at radius 2 is 1.84 bits per heavy atom. The fourth-order valence-corrected chi connectivity index (χ4v) is 3.29. The summed E-state index contributed by atoms with van der Waals surface area (Å²) in [6.45, 7) is 1.50. The summed E-state index contributed by atoms with van der Waals surface area (Å²) in [7, 11) is -1.09. The molecule has 0 fully saturated rings. The molecule has 2 aromatic rings. The average Bonchev–Trinajstić information content (AvgIpc) is 2.59. The van der Waals surface area contributed by atoms with Crippen LogP contribution in [0.25, 0.3) is 0 Å². The zero-order valence-corrected chi connectivity index (χ0v) is 15.0. The van der Waals surface area contributed by atoms with Gasteiger partial charge >= 0.3 is 0 Å². The van der Waals surface area contributed by atoms with Crippen LogP contribution in [0, 0.1) is 6.92 Å². The first-order valence-corrected chi connectivity index (χ1v) is 8.92. The zero-order chi connectivity index (χ0) is 18.4. The van der Waals surface area contributed by atoms with Crippen LogP contribution >= 0.6 is 0 Å². The molecule has 1 amide bonds. The predicted molar refractivity (Wildman–Crippen MR) is 94.5 cm³/mol. The first-order valence-electron chi connectivity index (χ1n) is 7.44. The minimum absolute atomic E-state index is 0.0702. The molecule has 0 aliphatic heterocycles. The molecule has 2 N–H and O–H groups in total. The minimum atomic E-state index is -3.91. The highest BCUT2D eigenvalue weighted by atomic mass is 32.2. The van der Waals surface area contributed by atoms with E-state index in [0.29, 0.717) is 11.4 Å². The van der Waals surface area contributed by atoms with Gasteiger partial charge in [0.15, 0.2) is 0 Å². The number of amides is 1. The number of carbonyl (C=O) groups is 1. The molecule has 0 spiro atoms. The van der Waals surface area contributed by atoms with Gasteiger partial charge in [-0.2, -0.15) is 0 Å². The molecule has 8 heteroatoms. The number of sulfonamides is 1. The fourth-order valence-electron chi connectivity index (χ4n) is 2.16. The molecular weight excluding hydrogens is 344 g/mol. The summed E-state index contributed by atoms with van der Waals surface area (Å²) < 4.78 is 37.2. The van der Waals surface area contributed by atoms with Crippen molar-refractivity contribution in [3.05, 3.63) is 48.0 Å². The van der Waals surface area contributed by atoms with Gasteiger partial charge in [0, 0.05) is 11.8 Å². The van der Waals surface area contributed by atoms with Crippen LogP contribution in [0.15, 0.2) is 47.4 Å². The van der Waals surface area contributed by atoms with E-state index in [1.807, 2.05) is 13.0 Å². The van der Waals surface area contributed by atoms with Gasteiger partial charge in [-0.25, -0.2) is 13.1 Å². The Bertz CT molecular complexity index is 865. The molecule has 0 aromatic heterocycles. The maximum atomic E-state index is 12.4. The van der Waals surface area contributed by atoms with Gasteiger partial charge in [-0.1, -0.05) is 12.1 Å². The quantitative estimate of drug-likeness (QED) is 0.783. The third-order valence-corrected chi connectivity index (χ3v) is 4.83. The molecule has 134 valence electrons. The van der Waals surface area contributed by atoms with Gasteiger partial charge in [0.25, 0.3) is 0 Å². The van der Waals surface area contributed by atoms with E-state index in [9.17, 15) is 13.2 Å². The monoisotopic (exact) mass is 364 g/mol. The SMILES string of the molecule is COc1ccc(S(=O)(=O)NCC(=O)Nc2cccc(C)c2)c(OC)c1. The number of carbonyl (C=O) groups excluding carboxylic acids is 1. The molecule has 2 aromatic carbocycles. The van der Waals surface area contributed by atoms with E-state index in [-0.39, 0.29) is 10.6 Å². The first kappa shape index (κ1) is 18.8. The summed E-state index contributed by atoms with van der Waals surface area (Å²) in [5, 5.41) is 2.64. The Labute approximate surface area is 147 Å². The highest BCUT2D eigenvalue weighted by molar-refractivity contribution is 7.89. The summed E-state index contributed by atoms with van der Waals surface area (Å²) in [5.74, 6) is 0.126. The van der Waals surface area contributed by atoms with Crippen LogP contribution in [-0.4, -0.2) is 35.1 Å². The third kappa shape index (κ3) is 4.94. The van der Waals surface area contributed by atoms with Gasteiger partial charge in [-0.15, -0.1) is 0 Å². The summed E-state index contributed by atoms with van der Waals surface area (Å²) in [6, 6.07) is 11.5. The number of nitrogens with one attached hydrogen (secondary N) is 2. The summed E-state index contributed by atoms with van der Waals surface area (Å²) in [6.07, 6.45) is 0. The lowest BCUT2D eigenvalue weighted by Crippen LogP contribution is -2.33. The lowest BCUT2D eigenvalue weighted by atomic mass is 10.2. The largest absolute Gasteiger partial charge is 0.497 e. The number of methoxy groups -OCH3 is 2. The lowest BCUT2D eigenvalue weighted by molar-refractivity contribution is -0.115. The van der Waals surface area contributed by atoms with Gasteiger partial charge in [0.05, 0.1) is 20.8 Å². The first-order chi connectivity index (χ1) is 11.9. The van der Waals surface area contributed by atoms with Gasteiger partial charge in [0.1, 0.15) is 16.4 Å². The second-order valence-electron chi connectivity index (χ2n) is 5.26. The number of rotatable bonds is 7. The average molecular weight is 364 g/mol. The molecule has 0 aliphatic carbocycles. The van der Waals surface area contributed by atoms with Crippen LogP contribution < -0.4 is 19.5 Å². The van der Waals surface area contributed by atoms with Crippen molar-refractivity contribution in [3.8, 4) is 11.5 Å². The second-order valence-corrected chi connectivity index (χ2v) is 6.99. The number of aryl methyl sites for hydroxylation is 1. The summed E-state index contributed by atoms with van der Waals surface area (Å²) in [4.78, 5) is 11.9. The number of hydrogen-bond acceptors (Lipinski definition) is 5. The maximum Gasteiger partial charge on any atom is 0.244 e. The minimum Gasteiger partial charge on any atom is -0.497 e. The van der Waals surface area contributed by atoms with E-state index in [2.05, 4.69) is 10.0 Å². The second kappa shape index (κ2) is 8.00. The molecule has 0 atom stereocenters. The van der Waals surface area contributed by atoms with Crippen molar-refractivity contribution in [2.24, 2.45) is 0 Å². The van der Waals surface area contributed by atoms with Crippen molar-refractivity contribution in [3.63, 3.8) is 0 Å². The third-order valence-electron chi connectivity index (χ3n) is 3.38. The molecule has 0 unspecified atom stereocenters. The van der Waals surface area contributed by atoms with E-state index < -0.39 is 22.5 Å². The van der Waals surface area contributed by atoms with Crippen molar-refractivity contribution in [2.45, 2.75) is 11.8 Å². The van der Waals surface area contributed by atoms with Crippen LogP contribution in [0.4, 0.5) is 5.69 Å². The highest BCUT2D eigenvalue weighted by Crippen LogP contribution is 2.28. The van der Waals surface area contributed by atoms with E-state index in [0.717, 1.165) is 5.56 Å². The lowest BCUT2D eigenvalue weighted by Gasteiger charge is -2.12. The van der Waals surface area contributed by atoms with Crippen LogP contribution in [0.3, 0.4) is 0 Å². The molecule has 0 saturated heterocycles. The summed E-state index contributed by atoms with van der Waals surface area (Å²) in [5.41, 5.74) is 1.59. The number of benzene rings is 2. The predicted octanol–water partition coefficient (Wildman–Crippen LogP) is 1.93. The van der Waals surface area contributed by atoms with Crippen LogP contribution in [0.2, 0.25) is 0 Å². The number of ether oxygens (including phenoxy) is 2. The molecule has 0 heterocycles. The molecule has 0 aliphatic rings. The number of anilines is 1. The van der Waals surface area contributed by atoms with Crippen LogP contribution in [0.1, 0.15) is 5.56 Å². The normalized spacial score (nSPS) is 11.0. The van der Waals surface area contributed by atoms with E-state index >= 15 is 0 Å². The molecule has 2 rings (SSSR count). The Kier molecular flexibility index (Phi) is 6.00. The van der Waals surface area contributed by atoms with Crippen molar-refractivity contribution in [1.29, 1.82) is 0 Å². The van der Waals surface area contributed by atoms with Gasteiger partial charge in [-0.3, -0.25) is 4.79 Å². The number of hydrogen-bond donors (Lipinski definition) is 2. The van der Waals surface area contributed by atoms with Gasteiger partial charge in [-0.05, 0) is 36.8 Å². The van der Waals surface area contributed by atoms with Gasteiger partial charge < -0.3 is 14.8 Å². The highest BCUT2D eigenvalue weighted by Gasteiger charge is 2.21. The Morgan fingerprint density at radius 1 is 1.08 bits per heavy atom. The Morgan fingerprint density at radius 3 is 2.48 bits per heavy atom. The topological polar surface area (TPSA) is 93.7 Å². The summed E-state index contributed by atoms with van der Waals surface area (Å²) >= 11 is 0. The molecule has 0 radical (unpaired) electrons. The van der Waals surface area contributed by atoms with E-state index in [1.165, 1.54) is 32.4 Å². The zero-order valence-electron chi connectivity index (χ0n) is 14.2. The Hall–Kier alpha value is -2.58. The van der Waals surface area contributed by atoms with E-state index in [4.69, 9.17) is 9.47 Å². The molecule has 7 nitrogen and oxygen atoms in total. The molecule has 0 saturated carbocycles. The van der Waals surface area contributed by atoms with Crippen LogP contribution in [-0.2, 0) is 14.8 Å². The van der Waals surface area contributed by atoms with Crippen molar-refractivity contribution in [2.75, 3.05) is 26.1 Å². The van der Waals surface area contributed by atoms with E-state index in [1.54, 1.807) is 18.2 Å². The fraction of sp³-hybridized carbons (Fsp3) is 0.235. The van der Waals surface area contributed by atoms with Crippen LogP contribution in [0.5, 0.6) is 11.5 Å². The molecule has 0 bridgehead atoms. The molecule has 25 heavy (non-hydrogen) atoms. The van der Waals surface area contributed by atoms with Crippen molar-refractivity contribution >= 4 is 21.6 Å². The smallest absolute Gasteiger partial charge is 0.244 e. The van der Waals surface area contributed by atoms with Crippen molar-refractivity contribution < 1.29 is 22.7 Å². The standard InChI is InChI=1S/C17H20N2O5S/c1-12-5-4-6-13(9-12)19-17(20)11-18-25(21,22)16-8-7-14(23-2)10-15(16)24-3/h4-10,18H,11H2,1-3H3,(H,19,20). The Balaban J connectivity index is 2.07. The van der Waals surface area contributed by atoms with Crippen molar-refractivity contribution in [1.82, 2.24) is 4.72 Å².